The molecule has 0 saturated carbocycles. The van der Waals surface area contributed by atoms with E-state index in [1.54, 1.807) is 12.1 Å². The Hall–Kier alpha value is -2.46. The van der Waals surface area contributed by atoms with Gasteiger partial charge in [-0.3, -0.25) is 0 Å². The van der Waals surface area contributed by atoms with Gasteiger partial charge in [-0.05, 0) is 29.2 Å². The van der Waals surface area contributed by atoms with E-state index < -0.39 is 11.2 Å². The van der Waals surface area contributed by atoms with Gasteiger partial charge in [-0.15, -0.1) is 11.3 Å². The number of thiazole rings is 1. The van der Waals surface area contributed by atoms with Crippen LogP contribution in [-0.2, 0) is 11.0 Å². The third kappa shape index (κ3) is 5.66. The molecule has 4 N–H and O–H groups in total. The molecule has 3 rings (SSSR count). The van der Waals surface area contributed by atoms with Crippen LogP contribution in [0.5, 0.6) is 11.5 Å². The minimum Gasteiger partial charge on any atom is -0.493 e. The molecular weight excluding hydrogens is 447 g/mol. The summed E-state index contributed by atoms with van der Waals surface area (Å²) >= 11 is 2.51. The van der Waals surface area contributed by atoms with Crippen molar-refractivity contribution >= 4 is 50.4 Å². The molecule has 0 aliphatic rings. The highest BCUT2D eigenvalue weighted by Gasteiger charge is 2.29. The van der Waals surface area contributed by atoms with Crippen molar-refractivity contribution in [3.8, 4) is 22.1 Å². The SMILES string of the molecule is [B]C([B])(Sc1nc(N)cc(N)n1)c1nc(-c2ccc(OC)c(OCCF)c2)sc1CCC. The fraction of sp³-hybridized carbons (Fsp3) is 0.350. The Balaban J connectivity index is 1.99. The number of alkyl halides is 1. The summed E-state index contributed by atoms with van der Waals surface area (Å²) in [4.78, 5) is 14.0. The quantitative estimate of drug-likeness (QED) is 0.265. The minimum absolute atomic E-state index is 0.0707. The van der Waals surface area contributed by atoms with Crippen molar-refractivity contribution in [2.45, 2.75) is 29.5 Å². The van der Waals surface area contributed by atoms with E-state index in [9.17, 15) is 4.39 Å². The predicted octanol–water partition coefficient (Wildman–Crippen LogP) is 3.31. The Morgan fingerprint density at radius 3 is 2.47 bits per heavy atom. The third-order valence-electron chi connectivity index (χ3n) is 4.30. The van der Waals surface area contributed by atoms with Gasteiger partial charge in [0.2, 0.25) is 0 Å². The first-order chi connectivity index (χ1) is 15.3. The number of nitrogen functional groups attached to an aromatic ring is 2. The number of hydrogen-bond donors (Lipinski definition) is 2. The summed E-state index contributed by atoms with van der Waals surface area (Å²) in [7, 11) is 14.5. The third-order valence-corrected chi connectivity index (χ3v) is 6.36. The molecule has 0 amide bonds. The summed E-state index contributed by atoms with van der Waals surface area (Å²) in [6, 6.07) is 6.81. The molecule has 2 heterocycles. The van der Waals surface area contributed by atoms with Crippen LogP contribution in [0.4, 0.5) is 16.0 Å². The van der Waals surface area contributed by atoms with E-state index in [0.29, 0.717) is 22.2 Å². The molecule has 164 valence electrons. The highest BCUT2D eigenvalue weighted by Crippen LogP contribution is 2.42. The van der Waals surface area contributed by atoms with Gasteiger partial charge in [0.05, 0.1) is 28.5 Å². The summed E-state index contributed by atoms with van der Waals surface area (Å²) in [5.74, 6) is 1.39. The van der Waals surface area contributed by atoms with E-state index in [2.05, 4.69) is 16.9 Å². The smallest absolute Gasteiger partial charge is 0.190 e. The molecule has 0 saturated heterocycles. The Kier molecular flexibility index (Phi) is 7.89. The summed E-state index contributed by atoms with van der Waals surface area (Å²) in [5.41, 5.74) is 12.8. The van der Waals surface area contributed by atoms with Crippen molar-refractivity contribution in [2.24, 2.45) is 0 Å². The first-order valence-corrected chi connectivity index (χ1v) is 11.4. The normalized spacial score (nSPS) is 11.5. The van der Waals surface area contributed by atoms with Gasteiger partial charge in [0.25, 0.3) is 0 Å². The average Bonchev–Trinajstić information content (AvgIpc) is 3.16. The number of thioether (sulfide) groups is 1. The van der Waals surface area contributed by atoms with Crippen molar-refractivity contribution in [2.75, 3.05) is 31.9 Å². The fourth-order valence-electron chi connectivity index (χ4n) is 2.96. The lowest BCUT2D eigenvalue weighted by Gasteiger charge is -2.23. The largest absolute Gasteiger partial charge is 0.493 e. The summed E-state index contributed by atoms with van der Waals surface area (Å²) in [5, 5.41) is 0.959. The molecule has 1 aromatic carbocycles. The number of methoxy groups -OCH3 is 1. The van der Waals surface area contributed by atoms with Crippen LogP contribution in [0.25, 0.3) is 10.6 Å². The minimum atomic E-state index is -1.42. The van der Waals surface area contributed by atoms with E-state index in [4.69, 9.17) is 41.6 Å². The molecule has 2 aromatic heterocycles. The van der Waals surface area contributed by atoms with Crippen LogP contribution in [-0.4, -0.2) is 51.0 Å². The lowest BCUT2D eigenvalue weighted by atomic mass is 9.67. The van der Waals surface area contributed by atoms with Crippen LogP contribution in [0.2, 0.25) is 0 Å². The monoisotopic (exact) mass is 469 g/mol. The topological polar surface area (TPSA) is 109 Å². The first-order valence-electron chi connectivity index (χ1n) is 9.81. The van der Waals surface area contributed by atoms with Crippen LogP contribution in [0.1, 0.15) is 23.9 Å². The van der Waals surface area contributed by atoms with Gasteiger partial charge in [-0.25, -0.2) is 19.3 Å². The molecule has 0 atom stereocenters. The van der Waals surface area contributed by atoms with Crippen molar-refractivity contribution in [1.82, 2.24) is 15.0 Å². The number of halogens is 1. The van der Waals surface area contributed by atoms with Gasteiger partial charge < -0.3 is 20.9 Å². The molecule has 0 fully saturated rings. The Bertz CT molecular complexity index is 1060. The zero-order valence-corrected chi connectivity index (χ0v) is 19.4. The number of aromatic nitrogens is 3. The van der Waals surface area contributed by atoms with Crippen LogP contribution >= 0.6 is 23.1 Å². The Morgan fingerprint density at radius 2 is 1.84 bits per heavy atom. The van der Waals surface area contributed by atoms with Crippen molar-refractivity contribution in [3.63, 3.8) is 0 Å². The second kappa shape index (κ2) is 10.4. The van der Waals surface area contributed by atoms with E-state index in [-0.39, 0.29) is 23.4 Å². The maximum atomic E-state index is 12.6. The molecule has 0 aliphatic heterocycles. The second-order valence-corrected chi connectivity index (χ2v) is 9.17. The molecule has 3 aromatic rings. The lowest BCUT2D eigenvalue weighted by Crippen LogP contribution is -2.25. The zero-order valence-electron chi connectivity index (χ0n) is 17.8. The number of rotatable bonds is 10. The number of benzene rings is 1. The van der Waals surface area contributed by atoms with Crippen molar-refractivity contribution in [3.05, 3.63) is 34.8 Å². The summed E-state index contributed by atoms with van der Waals surface area (Å²) in [6.07, 6.45) is 1.62. The Labute approximate surface area is 197 Å². The molecule has 0 spiro atoms. The van der Waals surface area contributed by atoms with E-state index in [0.717, 1.165) is 35.0 Å². The van der Waals surface area contributed by atoms with E-state index in [1.807, 2.05) is 6.07 Å². The molecule has 0 unspecified atom stereocenters. The zero-order chi connectivity index (χ0) is 23.3. The molecule has 12 heteroatoms. The highest BCUT2D eigenvalue weighted by molar-refractivity contribution is 8.02. The fourth-order valence-corrected chi connectivity index (χ4v) is 5.12. The number of aryl methyl sites for hydroxylation is 1. The lowest BCUT2D eigenvalue weighted by molar-refractivity contribution is 0.260. The highest BCUT2D eigenvalue weighted by atomic mass is 32.2. The van der Waals surface area contributed by atoms with Crippen molar-refractivity contribution < 1.29 is 13.9 Å². The van der Waals surface area contributed by atoms with Crippen LogP contribution in [0, 0.1) is 0 Å². The summed E-state index contributed by atoms with van der Waals surface area (Å²) in [6.45, 7) is 1.38. The number of hydrogen-bond acceptors (Lipinski definition) is 9. The van der Waals surface area contributed by atoms with Gasteiger partial charge in [-0.1, -0.05) is 25.1 Å². The first kappa shape index (κ1) is 24.2. The van der Waals surface area contributed by atoms with Gasteiger partial charge in [0.1, 0.15) is 29.9 Å². The molecular formula is C20H22B2FN5O2S2. The van der Waals surface area contributed by atoms with Crippen molar-refractivity contribution in [1.29, 1.82) is 0 Å². The maximum absolute atomic E-state index is 12.6. The molecule has 7 nitrogen and oxygen atoms in total. The van der Waals surface area contributed by atoms with Gasteiger partial charge in [-0.2, -0.15) is 0 Å². The number of ether oxygens (including phenoxy) is 2. The molecule has 0 bridgehead atoms. The number of nitrogens with two attached hydrogens (primary N) is 2. The van der Waals surface area contributed by atoms with Crippen LogP contribution in [0.3, 0.4) is 0 Å². The second-order valence-electron chi connectivity index (χ2n) is 6.84. The number of anilines is 2. The molecule has 32 heavy (non-hydrogen) atoms. The maximum Gasteiger partial charge on any atom is 0.190 e. The standard InChI is InChI=1S/C20H22B2FN5O2S2/c1-3-4-14-17(20(21,22)32-19-26-15(24)10-16(25)27-19)28-18(31-14)11-5-6-12(29-2)13(9-11)30-8-7-23/h5-6,9-10H,3-4,7-8H2,1-2H3,(H4,24,25,26,27). The van der Waals surface area contributed by atoms with Gasteiger partial charge in [0, 0.05) is 16.5 Å². The van der Waals surface area contributed by atoms with Gasteiger partial charge in [0.15, 0.2) is 16.7 Å². The summed E-state index contributed by atoms with van der Waals surface area (Å²) < 4.78 is 22.0. The number of nitrogens with zero attached hydrogens (tertiary/aromatic N) is 3. The molecule has 0 aliphatic carbocycles. The predicted molar refractivity (Wildman–Crippen MR) is 129 cm³/mol. The average molecular weight is 469 g/mol. The van der Waals surface area contributed by atoms with Gasteiger partial charge >= 0.3 is 0 Å². The Morgan fingerprint density at radius 1 is 1.12 bits per heavy atom. The van der Waals surface area contributed by atoms with E-state index in [1.165, 1.54) is 24.5 Å². The van der Waals surface area contributed by atoms with E-state index >= 15 is 0 Å². The van der Waals surface area contributed by atoms with Crippen LogP contribution < -0.4 is 20.9 Å². The van der Waals surface area contributed by atoms with Crippen LogP contribution in [0.15, 0.2) is 29.4 Å². The molecule has 4 radical (unpaired) electrons.